The van der Waals surface area contributed by atoms with Crippen LogP contribution in [0.2, 0.25) is 0 Å². The van der Waals surface area contributed by atoms with Crippen LogP contribution in [0.15, 0.2) is 23.1 Å². The van der Waals surface area contributed by atoms with E-state index >= 15 is 0 Å². The zero-order valence-corrected chi connectivity index (χ0v) is 12.9. The van der Waals surface area contributed by atoms with Crippen LogP contribution in [0.1, 0.15) is 24.8 Å². The van der Waals surface area contributed by atoms with Crippen molar-refractivity contribution in [3.05, 3.63) is 29.6 Å². The van der Waals surface area contributed by atoms with Crippen molar-refractivity contribution in [1.82, 2.24) is 10.0 Å². The maximum atomic E-state index is 13.5. The molecular weight excluding hydrogens is 295 g/mol. The molecule has 1 heterocycles. The minimum atomic E-state index is -3.61. The van der Waals surface area contributed by atoms with Gasteiger partial charge >= 0.3 is 0 Å². The number of benzene rings is 1. The molecule has 1 aliphatic heterocycles. The summed E-state index contributed by atoms with van der Waals surface area (Å²) < 4.78 is 45.9. The summed E-state index contributed by atoms with van der Waals surface area (Å²) in [6, 6.07) is 3.82. The summed E-state index contributed by atoms with van der Waals surface area (Å²) in [7, 11) is -1.93. The first-order valence-electron chi connectivity index (χ1n) is 7.07. The van der Waals surface area contributed by atoms with Gasteiger partial charge in [0, 0.05) is 25.3 Å². The van der Waals surface area contributed by atoms with Gasteiger partial charge in [-0.25, -0.2) is 17.5 Å². The maximum absolute atomic E-state index is 13.5. The SMILES string of the molecule is CNCc1cc(S(=O)(=O)NCCC2CCCO2)ccc1F. The van der Waals surface area contributed by atoms with Crippen molar-refractivity contribution < 1.29 is 17.5 Å². The largest absolute Gasteiger partial charge is 0.378 e. The van der Waals surface area contributed by atoms with Gasteiger partial charge in [-0.05, 0) is 44.5 Å². The number of sulfonamides is 1. The maximum Gasteiger partial charge on any atom is 0.240 e. The summed E-state index contributed by atoms with van der Waals surface area (Å²) in [5, 5.41) is 2.81. The van der Waals surface area contributed by atoms with Crippen LogP contribution in [-0.2, 0) is 21.3 Å². The number of hydrogen-bond donors (Lipinski definition) is 2. The molecule has 118 valence electrons. The third-order valence-electron chi connectivity index (χ3n) is 3.48. The molecule has 0 amide bonds. The molecule has 0 bridgehead atoms. The van der Waals surface area contributed by atoms with Gasteiger partial charge < -0.3 is 10.1 Å². The highest BCUT2D eigenvalue weighted by atomic mass is 32.2. The van der Waals surface area contributed by atoms with Gasteiger partial charge in [0.1, 0.15) is 5.82 Å². The van der Waals surface area contributed by atoms with Crippen LogP contribution < -0.4 is 10.0 Å². The molecule has 0 aliphatic carbocycles. The van der Waals surface area contributed by atoms with E-state index in [0.717, 1.165) is 19.4 Å². The van der Waals surface area contributed by atoms with Crippen molar-refractivity contribution >= 4 is 10.0 Å². The predicted octanol–water partition coefficient (Wildman–Crippen LogP) is 1.39. The molecule has 1 unspecified atom stereocenters. The molecule has 1 aromatic carbocycles. The predicted molar refractivity (Wildman–Crippen MR) is 77.9 cm³/mol. The summed E-state index contributed by atoms with van der Waals surface area (Å²) in [6.07, 6.45) is 2.80. The van der Waals surface area contributed by atoms with Gasteiger partial charge in [0.2, 0.25) is 10.0 Å². The first kappa shape index (κ1) is 16.4. The third kappa shape index (κ3) is 4.47. The standard InChI is InChI=1S/C14H21FN2O3S/c1-16-10-11-9-13(4-5-14(11)15)21(18,19)17-7-6-12-3-2-8-20-12/h4-5,9,12,16-17H,2-3,6-8,10H2,1H3. The van der Waals surface area contributed by atoms with E-state index in [2.05, 4.69) is 10.0 Å². The van der Waals surface area contributed by atoms with E-state index in [1.165, 1.54) is 18.2 Å². The molecule has 2 rings (SSSR count). The smallest absolute Gasteiger partial charge is 0.240 e. The lowest BCUT2D eigenvalue weighted by molar-refractivity contribution is 0.105. The molecule has 2 N–H and O–H groups in total. The number of nitrogens with one attached hydrogen (secondary N) is 2. The summed E-state index contributed by atoms with van der Waals surface area (Å²) >= 11 is 0. The molecule has 0 saturated carbocycles. The van der Waals surface area contributed by atoms with Gasteiger partial charge in [0.25, 0.3) is 0 Å². The molecule has 1 aromatic rings. The molecule has 21 heavy (non-hydrogen) atoms. The van der Waals surface area contributed by atoms with E-state index in [1.54, 1.807) is 7.05 Å². The van der Waals surface area contributed by atoms with Gasteiger partial charge in [-0.15, -0.1) is 0 Å². The summed E-state index contributed by atoms with van der Waals surface area (Å²) in [5.74, 6) is -0.414. The van der Waals surface area contributed by atoms with Crippen molar-refractivity contribution in [3.63, 3.8) is 0 Å². The molecule has 0 spiro atoms. The van der Waals surface area contributed by atoms with Gasteiger partial charge in [-0.3, -0.25) is 0 Å². The molecule has 1 atom stereocenters. The quantitative estimate of drug-likeness (QED) is 0.798. The van der Waals surface area contributed by atoms with Crippen LogP contribution in [-0.4, -0.2) is 34.7 Å². The van der Waals surface area contributed by atoms with Crippen LogP contribution >= 0.6 is 0 Å². The van der Waals surface area contributed by atoms with E-state index in [0.29, 0.717) is 18.5 Å². The molecule has 1 fully saturated rings. The summed E-state index contributed by atoms with van der Waals surface area (Å²) in [6.45, 7) is 1.36. The fourth-order valence-electron chi connectivity index (χ4n) is 2.35. The van der Waals surface area contributed by atoms with Crippen molar-refractivity contribution in [2.45, 2.75) is 36.8 Å². The fourth-order valence-corrected chi connectivity index (χ4v) is 3.45. The van der Waals surface area contributed by atoms with E-state index in [1.807, 2.05) is 0 Å². The Hall–Kier alpha value is -1.02. The van der Waals surface area contributed by atoms with Crippen LogP contribution in [0, 0.1) is 5.82 Å². The normalized spacial score (nSPS) is 19.0. The van der Waals surface area contributed by atoms with Gasteiger partial charge in [-0.2, -0.15) is 0 Å². The van der Waals surface area contributed by atoms with E-state index in [9.17, 15) is 12.8 Å². The molecule has 0 aromatic heterocycles. The molecule has 5 nitrogen and oxygen atoms in total. The fraction of sp³-hybridized carbons (Fsp3) is 0.571. The van der Waals surface area contributed by atoms with Crippen LogP contribution in [0.4, 0.5) is 4.39 Å². The Labute approximate surface area is 124 Å². The summed E-state index contributed by atoms with van der Waals surface area (Å²) in [4.78, 5) is 0.0847. The lowest BCUT2D eigenvalue weighted by Crippen LogP contribution is -2.27. The van der Waals surface area contributed by atoms with Crippen LogP contribution in [0.25, 0.3) is 0 Å². The van der Waals surface area contributed by atoms with Gasteiger partial charge in [0.05, 0.1) is 11.0 Å². The zero-order chi connectivity index (χ0) is 15.3. The topological polar surface area (TPSA) is 67.4 Å². The Kier molecular flexibility index (Phi) is 5.69. The minimum Gasteiger partial charge on any atom is -0.378 e. The number of halogens is 1. The molecule has 7 heteroatoms. The number of rotatable bonds is 7. The Balaban J connectivity index is 1.99. The minimum absolute atomic E-state index is 0.0847. The van der Waals surface area contributed by atoms with Crippen molar-refractivity contribution in [3.8, 4) is 0 Å². The third-order valence-corrected chi connectivity index (χ3v) is 4.94. The Bertz CT molecular complexity index is 572. The van der Waals surface area contributed by atoms with E-state index in [-0.39, 0.29) is 17.5 Å². The van der Waals surface area contributed by atoms with Crippen LogP contribution in [0.3, 0.4) is 0 Å². The Morgan fingerprint density at radius 2 is 2.24 bits per heavy atom. The highest BCUT2D eigenvalue weighted by molar-refractivity contribution is 7.89. The lowest BCUT2D eigenvalue weighted by atomic mass is 10.2. The highest BCUT2D eigenvalue weighted by Crippen LogP contribution is 2.17. The first-order valence-corrected chi connectivity index (χ1v) is 8.55. The monoisotopic (exact) mass is 316 g/mol. The highest BCUT2D eigenvalue weighted by Gasteiger charge is 2.19. The second kappa shape index (κ2) is 7.31. The van der Waals surface area contributed by atoms with Crippen molar-refractivity contribution in [1.29, 1.82) is 0 Å². The van der Waals surface area contributed by atoms with E-state index < -0.39 is 15.8 Å². The Morgan fingerprint density at radius 3 is 2.90 bits per heavy atom. The average molecular weight is 316 g/mol. The lowest BCUT2D eigenvalue weighted by Gasteiger charge is -2.11. The summed E-state index contributed by atoms with van der Waals surface area (Å²) in [5.41, 5.74) is 0.333. The second-order valence-corrected chi connectivity index (χ2v) is 6.87. The van der Waals surface area contributed by atoms with Crippen LogP contribution in [0.5, 0.6) is 0 Å². The first-order chi connectivity index (χ1) is 10.0. The van der Waals surface area contributed by atoms with Crippen molar-refractivity contribution in [2.75, 3.05) is 20.2 Å². The Morgan fingerprint density at radius 1 is 1.43 bits per heavy atom. The average Bonchev–Trinajstić information content (AvgIpc) is 2.94. The zero-order valence-electron chi connectivity index (χ0n) is 12.1. The molecular formula is C14H21FN2O3S. The molecule has 1 saturated heterocycles. The molecule has 0 radical (unpaired) electrons. The second-order valence-electron chi connectivity index (χ2n) is 5.11. The van der Waals surface area contributed by atoms with Gasteiger partial charge in [0.15, 0.2) is 0 Å². The molecule has 1 aliphatic rings. The van der Waals surface area contributed by atoms with E-state index in [4.69, 9.17) is 4.74 Å². The van der Waals surface area contributed by atoms with Crippen molar-refractivity contribution in [2.24, 2.45) is 0 Å². The van der Waals surface area contributed by atoms with Gasteiger partial charge in [-0.1, -0.05) is 0 Å². The number of hydrogen-bond acceptors (Lipinski definition) is 4. The number of ether oxygens (including phenoxy) is 1.